The quantitative estimate of drug-likeness (QED) is 0.651. The highest BCUT2D eigenvalue weighted by atomic mass is 16.2. The van der Waals surface area contributed by atoms with Crippen molar-refractivity contribution < 1.29 is 4.79 Å². The molecule has 1 amide bonds. The van der Waals surface area contributed by atoms with E-state index in [1.54, 1.807) is 0 Å². The Labute approximate surface area is 84.2 Å². The lowest BCUT2D eigenvalue weighted by Gasteiger charge is -2.21. The molecule has 0 spiro atoms. The molecule has 14 heavy (non-hydrogen) atoms. The maximum absolute atomic E-state index is 12.0. The number of nitrogens with one attached hydrogen (secondary N) is 1. The van der Waals surface area contributed by atoms with Crippen molar-refractivity contribution in [1.82, 2.24) is 10.2 Å². The van der Waals surface area contributed by atoms with Crippen molar-refractivity contribution >= 4 is 5.91 Å². The molecule has 1 N–H and O–H groups in total. The van der Waals surface area contributed by atoms with Crippen LogP contribution in [0.5, 0.6) is 0 Å². The van der Waals surface area contributed by atoms with Crippen LogP contribution in [0.1, 0.15) is 12.8 Å². The number of piperidine rings is 1. The summed E-state index contributed by atoms with van der Waals surface area (Å²) in [5.41, 5.74) is 1.03. The van der Waals surface area contributed by atoms with Gasteiger partial charge in [0.15, 0.2) is 0 Å². The predicted octanol–water partition coefficient (Wildman–Crippen LogP) is 0.384. The number of amides is 1. The van der Waals surface area contributed by atoms with Crippen molar-refractivity contribution in [1.29, 1.82) is 0 Å². The first-order valence-electron chi connectivity index (χ1n) is 5.53. The number of fused-ring (bicyclic) bond motifs is 1. The van der Waals surface area contributed by atoms with Gasteiger partial charge in [0, 0.05) is 25.2 Å². The number of hydrogen-bond acceptors (Lipinski definition) is 2. The standard InChI is InChI=1S/C11H16N2O/c14-11(8-1-3-12-4-2-8)13-6-9-5-10(9)7-13/h1,9-10,12H,2-7H2. The summed E-state index contributed by atoms with van der Waals surface area (Å²) in [4.78, 5) is 14.0. The van der Waals surface area contributed by atoms with Crippen LogP contribution in [-0.2, 0) is 4.79 Å². The van der Waals surface area contributed by atoms with Crippen LogP contribution in [0.2, 0.25) is 0 Å². The average molecular weight is 192 g/mol. The lowest BCUT2D eigenvalue weighted by molar-refractivity contribution is -0.126. The molecule has 1 aliphatic carbocycles. The molecule has 1 saturated carbocycles. The third-order valence-electron chi connectivity index (χ3n) is 3.60. The van der Waals surface area contributed by atoms with Gasteiger partial charge in [-0.1, -0.05) is 6.08 Å². The maximum Gasteiger partial charge on any atom is 0.249 e. The van der Waals surface area contributed by atoms with E-state index in [0.717, 1.165) is 50.0 Å². The molecular formula is C11H16N2O. The molecule has 3 nitrogen and oxygen atoms in total. The molecule has 3 aliphatic rings. The van der Waals surface area contributed by atoms with Crippen molar-refractivity contribution in [3.8, 4) is 0 Å². The van der Waals surface area contributed by atoms with Gasteiger partial charge in [-0.05, 0) is 31.2 Å². The van der Waals surface area contributed by atoms with E-state index in [1.807, 2.05) is 0 Å². The monoisotopic (exact) mass is 192 g/mol. The van der Waals surface area contributed by atoms with E-state index >= 15 is 0 Å². The zero-order valence-corrected chi connectivity index (χ0v) is 8.33. The Hall–Kier alpha value is -0.830. The lowest BCUT2D eigenvalue weighted by atomic mass is 10.1. The van der Waals surface area contributed by atoms with Crippen molar-refractivity contribution in [3.05, 3.63) is 11.6 Å². The molecule has 0 aromatic carbocycles. The molecule has 2 fully saturated rings. The SMILES string of the molecule is O=C(C1=CCNCC1)N1CC2CC2C1. The van der Waals surface area contributed by atoms with Crippen molar-refractivity contribution in [3.63, 3.8) is 0 Å². The van der Waals surface area contributed by atoms with Gasteiger partial charge in [-0.2, -0.15) is 0 Å². The minimum atomic E-state index is 0.304. The molecule has 2 heterocycles. The average Bonchev–Trinajstić information content (AvgIpc) is 2.86. The van der Waals surface area contributed by atoms with Gasteiger partial charge in [-0.25, -0.2) is 0 Å². The summed E-state index contributed by atoms with van der Waals surface area (Å²) in [5, 5.41) is 3.23. The molecular weight excluding hydrogens is 176 g/mol. The van der Waals surface area contributed by atoms with Crippen molar-refractivity contribution in [2.75, 3.05) is 26.2 Å². The molecule has 2 atom stereocenters. The van der Waals surface area contributed by atoms with E-state index in [-0.39, 0.29) is 0 Å². The largest absolute Gasteiger partial charge is 0.338 e. The Kier molecular flexibility index (Phi) is 1.87. The summed E-state index contributed by atoms with van der Waals surface area (Å²) in [6.45, 7) is 3.86. The summed E-state index contributed by atoms with van der Waals surface area (Å²) >= 11 is 0. The summed E-state index contributed by atoms with van der Waals surface area (Å²) in [6.07, 6.45) is 4.32. The van der Waals surface area contributed by atoms with Gasteiger partial charge >= 0.3 is 0 Å². The highest BCUT2D eigenvalue weighted by Gasteiger charge is 2.46. The van der Waals surface area contributed by atoms with Gasteiger partial charge in [0.2, 0.25) is 5.91 Å². The second-order valence-corrected chi connectivity index (χ2v) is 4.65. The minimum absolute atomic E-state index is 0.304. The van der Waals surface area contributed by atoms with E-state index in [4.69, 9.17) is 0 Å². The zero-order valence-electron chi connectivity index (χ0n) is 8.33. The molecule has 0 aromatic rings. The third kappa shape index (κ3) is 1.36. The summed E-state index contributed by atoms with van der Waals surface area (Å²) < 4.78 is 0. The lowest BCUT2D eigenvalue weighted by Crippen LogP contribution is -2.34. The van der Waals surface area contributed by atoms with Crippen LogP contribution in [-0.4, -0.2) is 37.0 Å². The Balaban J connectivity index is 1.66. The first kappa shape index (κ1) is 8.48. The molecule has 3 heteroatoms. The normalized spacial score (nSPS) is 35.1. The fourth-order valence-corrected chi connectivity index (χ4v) is 2.58. The Bertz CT molecular complexity index is 288. The molecule has 76 valence electrons. The van der Waals surface area contributed by atoms with Crippen molar-refractivity contribution in [2.24, 2.45) is 11.8 Å². The molecule has 0 aromatic heterocycles. The fourth-order valence-electron chi connectivity index (χ4n) is 2.58. The van der Waals surface area contributed by atoms with E-state index in [0.29, 0.717) is 5.91 Å². The van der Waals surface area contributed by atoms with Gasteiger partial charge in [-0.15, -0.1) is 0 Å². The van der Waals surface area contributed by atoms with Crippen LogP contribution in [0.25, 0.3) is 0 Å². The van der Waals surface area contributed by atoms with Crippen LogP contribution >= 0.6 is 0 Å². The van der Waals surface area contributed by atoms with Gasteiger partial charge in [0.25, 0.3) is 0 Å². The Morgan fingerprint density at radius 2 is 2.21 bits per heavy atom. The summed E-state index contributed by atoms with van der Waals surface area (Å²) in [6, 6.07) is 0. The van der Waals surface area contributed by atoms with Gasteiger partial charge < -0.3 is 10.2 Å². The predicted molar refractivity (Wildman–Crippen MR) is 53.7 cm³/mol. The fraction of sp³-hybridized carbons (Fsp3) is 0.727. The highest BCUT2D eigenvalue weighted by Crippen LogP contribution is 2.45. The zero-order chi connectivity index (χ0) is 9.54. The van der Waals surface area contributed by atoms with Crippen LogP contribution < -0.4 is 5.32 Å². The smallest absolute Gasteiger partial charge is 0.249 e. The highest BCUT2D eigenvalue weighted by molar-refractivity contribution is 5.94. The first-order chi connectivity index (χ1) is 6.84. The van der Waals surface area contributed by atoms with E-state index < -0.39 is 0 Å². The van der Waals surface area contributed by atoms with Crippen LogP contribution in [0.3, 0.4) is 0 Å². The summed E-state index contributed by atoms with van der Waals surface area (Å²) in [5.74, 6) is 2.00. The Morgan fingerprint density at radius 1 is 1.43 bits per heavy atom. The first-order valence-corrected chi connectivity index (χ1v) is 5.53. The number of hydrogen-bond donors (Lipinski definition) is 1. The summed E-state index contributed by atoms with van der Waals surface area (Å²) in [7, 11) is 0. The van der Waals surface area contributed by atoms with E-state index in [9.17, 15) is 4.79 Å². The van der Waals surface area contributed by atoms with Gasteiger partial charge in [0.1, 0.15) is 0 Å². The number of carbonyl (C=O) groups is 1. The van der Waals surface area contributed by atoms with Gasteiger partial charge in [0.05, 0.1) is 0 Å². The van der Waals surface area contributed by atoms with E-state index in [1.165, 1.54) is 6.42 Å². The Morgan fingerprint density at radius 3 is 2.86 bits per heavy atom. The second kappa shape index (κ2) is 3.09. The van der Waals surface area contributed by atoms with Crippen LogP contribution in [0.15, 0.2) is 11.6 Å². The minimum Gasteiger partial charge on any atom is -0.338 e. The number of rotatable bonds is 1. The third-order valence-corrected chi connectivity index (χ3v) is 3.60. The topological polar surface area (TPSA) is 32.3 Å². The van der Waals surface area contributed by atoms with Crippen LogP contribution in [0, 0.1) is 11.8 Å². The number of likely N-dealkylation sites (tertiary alicyclic amines) is 1. The molecule has 2 unspecified atom stereocenters. The molecule has 0 radical (unpaired) electrons. The van der Waals surface area contributed by atoms with E-state index in [2.05, 4.69) is 16.3 Å². The van der Waals surface area contributed by atoms with Crippen LogP contribution in [0.4, 0.5) is 0 Å². The number of carbonyl (C=O) groups excluding carboxylic acids is 1. The molecule has 3 rings (SSSR count). The molecule has 2 aliphatic heterocycles. The maximum atomic E-state index is 12.0. The molecule has 1 saturated heterocycles. The number of nitrogens with zero attached hydrogens (tertiary/aromatic N) is 1. The van der Waals surface area contributed by atoms with Crippen molar-refractivity contribution in [2.45, 2.75) is 12.8 Å². The van der Waals surface area contributed by atoms with Gasteiger partial charge in [-0.3, -0.25) is 4.79 Å². The second-order valence-electron chi connectivity index (χ2n) is 4.65. The molecule has 0 bridgehead atoms.